The molecule has 1 aromatic heterocycles. The number of nitrogens with zero attached hydrogens (tertiary/aromatic N) is 2. The molecule has 0 unspecified atom stereocenters. The van der Waals surface area contributed by atoms with Crippen LogP contribution in [0.5, 0.6) is 5.75 Å². The van der Waals surface area contributed by atoms with E-state index in [1.807, 2.05) is 25.1 Å². The molecule has 6 heteroatoms. The molecule has 0 atom stereocenters. The molecule has 1 heterocycles. The van der Waals surface area contributed by atoms with E-state index in [-0.39, 0.29) is 11.6 Å². The summed E-state index contributed by atoms with van der Waals surface area (Å²) in [5.74, 6) is 0.377. The van der Waals surface area contributed by atoms with Gasteiger partial charge in [-0.2, -0.15) is 0 Å². The van der Waals surface area contributed by atoms with E-state index >= 15 is 0 Å². The number of rotatable bonds is 4. The number of benzene rings is 2. The van der Waals surface area contributed by atoms with Gasteiger partial charge in [-0.1, -0.05) is 12.1 Å². The maximum absolute atomic E-state index is 12.6. The van der Waals surface area contributed by atoms with Crippen molar-refractivity contribution in [1.29, 1.82) is 0 Å². The van der Waals surface area contributed by atoms with E-state index < -0.39 is 0 Å². The van der Waals surface area contributed by atoms with E-state index in [1.165, 1.54) is 4.57 Å². The van der Waals surface area contributed by atoms with Crippen LogP contribution in [0.25, 0.3) is 11.0 Å². The minimum Gasteiger partial charge on any atom is -0.492 e. The molecule has 0 radical (unpaired) electrons. The Balaban J connectivity index is 1.95. The standard InChI is InChI=1S/C18H19N3O3/c1-4-24-16-8-6-5-7-13(16)19-17(22)12-9-10-14-15(11-12)21(3)18(23)20(14)2/h5-11H,4H2,1-3H3,(H,19,22). The minimum atomic E-state index is -0.250. The number of amides is 1. The smallest absolute Gasteiger partial charge is 0.328 e. The lowest BCUT2D eigenvalue weighted by Gasteiger charge is -2.11. The van der Waals surface area contributed by atoms with Crippen LogP contribution in [0.15, 0.2) is 47.3 Å². The molecule has 0 saturated carbocycles. The number of nitrogens with one attached hydrogen (secondary N) is 1. The predicted molar refractivity (Wildman–Crippen MR) is 93.7 cm³/mol. The van der Waals surface area contributed by atoms with Crippen molar-refractivity contribution in [2.45, 2.75) is 6.92 Å². The molecular formula is C18H19N3O3. The van der Waals surface area contributed by atoms with Gasteiger partial charge in [0.2, 0.25) is 0 Å². The molecule has 0 aliphatic carbocycles. The van der Waals surface area contributed by atoms with Crippen molar-refractivity contribution in [3.63, 3.8) is 0 Å². The second kappa shape index (κ2) is 6.23. The number of aromatic nitrogens is 2. The van der Waals surface area contributed by atoms with Crippen molar-refractivity contribution >= 4 is 22.6 Å². The first kappa shape index (κ1) is 15.9. The van der Waals surface area contributed by atoms with E-state index in [0.29, 0.717) is 29.1 Å². The summed E-state index contributed by atoms with van der Waals surface area (Å²) in [6.07, 6.45) is 0. The fourth-order valence-corrected chi connectivity index (χ4v) is 2.69. The van der Waals surface area contributed by atoms with Crippen LogP contribution in [0.4, 0.5) is 5.69 Å². The van der Waals surface area contributed by atoms with Crippen molar-refractivity contribution in [1.82, 2.24) is 9.13 Å². The molecule has 6 nitrogen and oxygen atoms in total. The summed E-state index contributed by atoms with van der Waals surface area (Å²) in [5, 5.41) is 2.86. The van der Waals surface area contributed by atoms with Crippen LogP contribution in [0.1, 0.15) is 17.3 Å². The van der Waals surface area contributed by atoms with E-state index in [1.54, 1.807) is 42.9 Å². The van der Waals surface area contributed by atoms with Crippen LogP contribution >= 0.6 is 0 Å². The van der Waals surface area contributed by atoms with Gasteiger partial charge in [0.15, 0.2) is 0 Å². The summed E-state index contributed by atoms with van der Waals surface area (Å²) in [7, 11) is 3.40. The number of hydrogen-bond acceptors (Lipinski definition) is 3. The van der Waals surface area contributed by atoms with Gasteiger partial charge < -0.3 is 10.1 Å². The van der Waals surface area contributed by atoms with Crippen molar-refractivity contribution in [3.05, 3.63) is 58.5 Å². The van der Waals surface area contributed by atoms with E-state index in [9.17, 15) is 9.59 Å². The lowest BCUT2D eigenvalue weighted by Crippen LogP contribution is -2.19. The number of carbonyl (C=O) groups excluding carboxylic acids is 1. The van der Waals surface area contributed by atoms with Crippen LogP contribution < -0.4 is 15.7 Å². The van der Waals surface area contributed by atoms with Gasteiger partial charge in [-0.15, -0.1) is 0 Å². The monoisotopic (exact) mass is 325 g/mol. The van der Waals surface area contributed by atoms with Crippen LogP contribution in [0, 0.1) is 0 Å². The number of aryl methyl sites for hydroxylation is 2. The van der Waals surface area contributed by atoms with Gasteiger partial charge >= 0.3 is 5.69 Å². The maximum atomic E-state index is 12.6. The highest BCUT2D eigenvalue weighted by atomic mass is 16.5. The second-order valence-corrected chi connectivity index (χ2v) is 5.49. The summed E-state index contributed by atoms with van der Waals surface area (Å²) in [6.45, 7) is 2.41. The molecule has 0 aliphatic heterocycles. The average Bonchev–Trinajstić information content (AvgIpc) is 2.81. The highest BCUT2D eigenvalue weighted by Crippen LogP contribution is 2.24. The molecule has 124 valence electrons. The van der Waals surface area contributed by atoms with E-state index in [4.69, 9.17) is 4.74 Å². The molecule has 0 saturated heterocycles. The zero-order valence-corrected chi connectivity index (χ0v) is 13.9. The molecule has 0 aliphatic rings. The molecule has 3 rings (SSSR count). The maximum Gasteiger partial charge on any atom is 0.328 e. The van der Waals surface area contributed by atoms with Crippen molar-refractivity contribution in [2.75, 3.05) is 11.9 Å². The number of carbonyl (C=O) groups is 1. The highest BCUT2D eigenvalue weighted by Gasteiger charge is 2.13. The molecule has 0 spiro atoms. The van der Waals surface area contributed by atoms with Crippen LogP contribution in [-0.4, -0.2) is 21.6 Å². The fraction of sp³-hybridized carbons (Fsp3) is 0.222. The van der Waals surface area contributed by atoms with Crippen LogP contribution in [0.3, 0.4) is 0 Å². The largest absolute Gasteiger partial charge is 0.492 e. The van der Waals surface area contributed by atoms with Gasteiger partial charge in [-0.05, 0) is 37.3 Å². The van der Waals surface area contributed by atoms with E-state index in [0.717, 1.165) is 5.52 Å². The number of hydrogen-bond donors (Lipinski definition) is 1. The number of anilines is 1. The van der Waals surface area contributed by atoms with Crippen molar-refractivity contribution in [2.24, 2.45) is 14.1 Å². The molecule has 0 bridgehead atoms. The van der Waals surface area contributed by atoms with E-state index in [2.05, 4.69) is 5.32 Å². The Morgan fingerprint density at radius 2 is 1.79 bits per heavy atom. The Labute approximate surface area is 139 Å². The normalized spacial score (nSPS) is 10.8. The topological polar surface area (TPSA) is 65.3 Å². The van der Waals surface area contributed by atoms with Gasteiger partial charge in [0.05, 0.1) is 23.3 Å². The van der Waals surface area contributed by atoms with Crippen LogP contribution in [-0.2, 0) is 14.1 Å². The number of para-hydroxylation sites is 2. The number of fused-ring (bicyclic) bond motifs is 1. The molecule has 0 fully saturated rings. The van der Waals surface area contributed by atoms with Gasteiger partial charge in [-0.3, -0.25) is 13.9 Å². The third-order valence-electron chi connectivity index (χ3n) is 3.97. The molecule has 24 heavy (non-hydrogen) atoms. The summed E-state index contributed by atoms with van der Waals surface area (Å²) in [4.78, 5) is 24.5. The highest BCUT2D eigenvalue weighted by molar-refractivity contribution is 6.06. The zero-order valence-electron chi connectivity index (χ0n) is 13.9. The van der Waals surface area contributed by atoms with Gasteiger partial charge in [-0.25, -0.2) is 4.79 Å². The quantitative estimate of drug-likeness (QED) is 0.801. The Morgan fingerprint density at radius 3 is 2.54 bits per heavy atom. The van der Waals surface area contributed by atoms with Crippen molar-refractivity contribution in [3.8, 4) is 5.75 Å². The molecule has 3 aromatic rings. The first-order valence-electron chi connectivity index (χ1n) is 7.71. The summed E-state index contributed by atoms with van der Waals surface area (Å²) < 4.78 is 8.60. The lowest BCUT2D eigenvalue weighted by atomic mass is 10.1. The van der Waals surface area contributed by atoms with Gasteiger partial charge in [0, 0.05) is 19.7 Å². The summed E-state index contributed by atoms with van der Waals surface area (Å²) in [6, 6.07) is 12.5. The summed E-state index contributed by atoms with van der Waals surface area (Å²) >= 11 is 0. The Hall–Kier alpha value is -3.02. The van der Waals surface area contributed by atoms with Crippen LogP contribution in [0.2, 0.25) is 0 Å². The number of imidazole rings is 1. The Morgan fingerprint density at radius 1 is 1.08 bits per heavy atom. The lowest BCUT2D eigenvalue weighted by molar-refractivity contribution is 0.102. The molecule has 1 N–H and O–H groups in total. The minimum absolute atomic E-state index is 0.121. The third kappa shape index (κ3) is 2.67. The molecular weight excluding hydrogens is 306 g/mol. The average molecular weight is 325 g/mol. The predicted octanol–water partition coefficient (Wildman–Crippen LogP) is 2.53. The SMILES string of the molecule is CCOc1ccccc1NC(=O)c1ccc2c(c1)n(C)c(=O)n2C. The fourth-order valence-electron chi connectivity index (χ4n) is 2.69. The zero-order chi connectivity index (χ0) is 17.3. The van der Waals surface area contributed by atoms with Gasteiger partial charge in [0.25, 0.3) is 5.91 Å². The first-order valence-corrected chi connectivity index (χ1v) is 7.71. The summed E-state index contributed by atoms with van der Waals surface area (Å²) in [5.41, 5.74) is 2.48. The Kier molecular flexibility index (Phi) is 4.12. The molecule has 2 aromatic carbocycles. The first-order chi connectivity index (χ1) is 11.5. The molecule has 1 amide bonds. The number of ether oxygens (including phenoxy) is 1. The third-order valence-corrected chi connectivity index (χ3v) is 3.97. The van der Waals surface area contributed by atoms with Crippen molar-refractivity contribution < 1.29 is 9.53 Å². The Bertz CT molecular complexity index is 969. The second-order valence-electron chi connectivity index (χ2n) is 5.49. The van der Waals surface area contributed by atoms with Gasteiger partial charge in [0.1, 0.15) is 5.75 Å².